The lowest BCUT2D eigenvalue weighted by Gasteiger charge is -2.15. The standard InChI is InChI=1S/C10H23NO/c1-4-6-10(7-8-12-3)9-11-5-2/h10-11H,4-9H2,1-3H3. The van der Waals surface area contributed by atoms with E-state index in [1.54, 1.807) is 7.11 Å². The fraction of sp³-hybridized carbons (Fsp3) is 1.00. The highest BCUT2D eigenvalue weighted by Crippen LogP contribution is 2.09. The fourth-order valence-corrected chi connectivity index (χ4v) is 1.39. The smallest absolute Gasteiger partial charge is 0.0465 e. The molecule has 0 bridgehead atoms. The van der Waals surface area contributed by atoms with Crippen LogP contribution in [0.4, 0.5) is 0 Å². The Bertz CT molecular complexity index is 77.9. The number of rotatable bonds is 8. The van der Waals surface area contributed by atoms with E-state index < -0.39 is 0 Å². The summed E-state index contributed by atoms with van der Waals surface area (Å²) in [5.41, 5.74) is 0. The van der Waals surface area contributed by atoms with Gasteiger partial charge in [-0.15, -0.1) is 0 Å². The maximum Gasteiger partial charge on any atom is 0.0465 e. The Balaban J connectivity index is 3.40. The summed E-state index contributed by atoms with van der Waals surface area (Å²) in [7, 11) is 1.77. The van der Waals surface area contributed by atoms with E-state index in [4.69, 9.17) is 4.74 Å². The van der Waals surface area contributed by atoms with Gasteiger partial charge in [-0.1, -0.05) is 20.3 Å². The van der Waals surface area contributed by atoms with Crippen molar-refractivity contribution in [2.75, 3.05) is 26.8 Å². The van der Waals surface area contributed by atoms with Crippen molar-refractivity contribution in [2.24, 2.45) is 5.92 Å². The molecule has 0 amide bonds. The Morgan fingerprint density at radius 1 is 1.25 bits per heavy atom. The Labute approximate surface area is 76.7 Å². The largest absolute Gasteiger partial charge is 0.385 e. The van der Waals surface area contributed by atoms with Crippen LogP contribution in [-0.2, 0) is 4.74 Å². The minimum absolute atomic E-state index is 0.801. The summed E-state index contributed by atoms with van der Waals surface area (Å²) in [5.74, 6) is 0.801. The minimum atomic E-state index is 0.801. The second-order valence-corrected chi connectivity index (χ2v) is 3.24. The third-order valence-electron chi connectivity index (χ3n) is 2.11. The van der Waals surface area contributed by atoms with E-state index >= 15 is 0 Å². The molecule has 0 rings (SSSR count). The average Bonchev–Trinajstić information content (AvgIpc) is 2.10. The van der Waals surface area contributed by atoms with E-state index in [1.165, 1.54) is 19.3 Å². The van der Waals surface area contributed by atoms with E-state index in [2.05, 4.69) is 19.2 Å². The third-order valence-corrected chi connectivity index (χ3v) is 2.11. The third kappa shape index (κ3) is 6.62. The van der Waals surface area contributed by atoms with Crippen LogP contribution in [0.3, 0.4) is 0 Å². The second kappa shape index (κ2) is 9.01. The lowest BCUT2D eigenvalue weighted by atomic mass is 10.0. The predicted molar refractivity (Wildman–Crippen MR) is 53.4 cm³/mol. The molecule has 0 heterocycles. The van der Waals surface area contributed by atoms with Crippen molar-refractivity contribution >= 4 is 0 Å². The van der Waals surface area contributed by atoms with Crippen LogP contribution in [0.1, 0.15) is 33.1 Å². The topological polar surface area (TPSA) is 21.3 Å². The molecular weight excluding hydrogens is 150 g/mol. The van der Waals surface area contributed by atoms with E-state index in [0.29, 0.717) is 0 Å². The first kappa shape index (κ1) is 11.9. The van der Waals surface area contributed by atoms with Crippen molar-refractivity contribution < 1.29 is 4.74 Å². The summed E-state index contributed by atoms with van der Waals surface area (Å²) in [6.45, 7) is 7.52. The monoisotopic (exact) mass is 173 g/mol. The van der Waals surface area contributed by atoms with Crippen LogP contribution in [0.2, 0.25) is 0 Å². The highest BCUT2D eigenvalue weighted by molar-refractivity contribution is 4.61. The molecule has 1 unspecified atom stereocenters. The quantitative estimate of drug-likeness (QED) is 0.606. The van der Waals surface area contributed by atoms with Gasteiger partial charge in [-0.3, -0.25) is 0 Å². The van der Waals surface area contributed by atoms with Gasteiger partial charge in [0.25, 0.3) is 0 Å². The molecule has 1 atom stereocenters. The van der Waals surface area contributed by atoms with Gasteiger partial charge in [-0.05, 0) is 31.8 Å². The minimum Gasteiger partial charge on any atom is -0.385 e. The number of hydrogen-bond donors (Lipinski definition) is 1. The zero-order valence-corrected chi connectivity index (χ0v) is 8.73. The molecule has 0 radical (unpaired) electrons. The molecule has 74 valence electrons. The second-order valence-electron chi connectivity index (χ2n) is 3.24. The lowest BCUT2D eigenvalue weighted by Crippen LogP contribution is -2.23. The Hall–Kier alpha value is -0.0800. The first-order chi connectivity index (χ1) is 5.85. The first-order valence-electron chi connectivity index (χ1n) is 5.04. The molecule has 2 nitrogen and oxygen atoms in total. The van der Waals surface area contributed by atoms with Gasteiger partial charge in [-0.25, -0.2) is 0 Å². The fourth-order valence-electron chi connectivity index (χ4n) is 1.39. The normalized spacial score (nSPS) is 13.2. The van der Waals surface area contributed by atoms with Crippen molar-refractivity contribution in [1.29, 1.82) is 0 Å². The van der Waals surface area contributed by atoms with Crippen LogP contribution in [0.15, 0.2) is 0 Å². The lowest BCUT2D eigenvalue weighted by molar-refractivity contribution is 0.174. The molecule has 0 saturated carbocycles. The molecule has 0 spiro atoms. The van der Waals surface area contributed by atoms with Gasteiger partial charge < -0.3 is 10.1 Å². The molecule has 0 aromatic rings. The maximum absolute atomic E-state index is 5.07. The SMILES string of the molecule is CCCC(CCOC)CNCC. The summed E-state index contributed by atoms with van der Waals surface area (Å²) in [6.07, 6.45) is 3.79. The van der Waals surface area contributed by atoms with Gasteiger partial charge in [0.15, 0.2) is 0 Å². The molecule has 0 aromatic carbocycles. The van der Waals surface area contributed by atoms with Crippen molar-refractivity contribution in [3.05, 3.63) is 0 Å². The summed E-state index contributed by atoms with van der Waals surface area (Å²) in [5, 5.41) is 3.39. The van der Waals surface area contributed by atoms with E-state index in [0.717, 1.165) is 25.6 Å². The number of methoxy groups -OCH3 is 1. The van der Waals surface area contributed by atoms with Crippen LogP contribution < -0.4 is 5.32 Å². The van der Waals surface area contributed by atoms with Crippen molar-refractivity contribution in [3.8, 4) is 0 Å². The average molecular weight is 173 g/mol. The first-order valence-corrected chi connectivity index (χ1v) is 5.04. The van der Waals surface area contributed by atoms with Crippen molar-refractivity contribution in [2.45, 2.75) is 33.1 Å². The zero-order chi connectivity index (χ0) is 9.23. The van der Waals surface area contributed by atoms with Gasteiger partial charge in [0.1, 0.15) is 0 Å². The molecule has 0 fully saturated rings. The summed E-state index contributed by atoms with van der Waals surface area (Å²) in [4.78, 5) is 0. The Morgan fingerprint density at radius 3 is 2.50 bits per heavy atom. The van der Waals surface area contributed by atoms with Crippen LogP contribution in [0.5, 0.6) is 0 Å². The van der Waals surface area contributed by atoms with E-state index in [-0.39, 0.29) is 0 Å². The summed E-state index contributed by atoms with van der Waals surface area (Å²) >= 11 is 0. The van der Waals surface area contributed by atoms with Gasteiger partial charge >= 0.3 is 0 Å². The van der Waals surface area contributed by atoms with Crippen molar-refractivity contribution in [3.63, 3.8) is 0 Å². The molecule has 0 aromatic heterocycles. The number of hydrogen-bond acceptors (Lipinski definition) is 2. The van der Waals surface area contributed by atoms with E-state index in [1.807, 2.05) is 0 Å². The van der Waals surface area contributed by atoms with Crippen molar-refractivity contribution in [1.82, 2.24) is 5.32 Å². The molecule has 0 aliphatic rings. The highest BCUT2D eigenvalue weighted by Gasteiger charge is 2.05. The predicted octanol–water partition coefficient (Wildman–Crippen LogP) is 2.05. The van der Waals surface area contributed by atoms with Crippen LogP contribution >= 0.6 is 0 Å². The highest BCUT2D eigenvalue weighted by atomic mass is 16.5. The molecule has 12 heavy (non-hydrogen) atoms. The summed E-state index contributed by atoms with van der Waals surface area (Å²) < 4.78 is 5.07. The molecule has 2 heteroatoms. The van der Waals surface area contributed by atoms with Crippen LogP contribution in [-0.4, -0.2) is 26.8 Å². The van der Waals surface area contributed by atoms with Gasteiger partial charge in [0, 0.05) is 13.7 Å². The molecular formula is C10H23NO. The Morgan fingerprint density at radius 2 is 2.00 bits per heavy atom. The molecule has 0 aliphatic carbocycles. The Kier molecular flexibility index (Phi) is 8.95. The number of ether oxygens (including phenoxy) is 1. The molecule has 0 saturated heterocycles. The zero-order valence-electron chi connectivity index (χ0n) is 8.73. The van der Waals surface area contributed by atoms with Gasteiger partial charge in [0.2, 0.25) is 0 Å². The summed E-state index contributed by atoms with van der Waals surface area (Å²) in [6, 6.07) is 0. The van der Waals surface area contributed by atoms with E-state index in [9.17, 15) is 0 Å². The van der Waals surface area contributed by atoms with Crippen LogP contribution in [0, 0.1) is 5.92 Å². The molecule has 1 N–H and O–H groups in total. The number of nitrogens with one attached hydrogen (secondary N) is 1. The molecule has 0 aliphatic heterocycles. The van der Waals surface area contributed by atoms with Gasteiger partial charge in [-0.2, -0.15) is 0 Å². The maximum atomic E-state index is 5.07. The van der Waals surface area contributed by atoms with Crippen LogP contribution in [0.25, 0.3) is 0 Å². The van der Waals surface area contributed by atoms with Gasteiger partial charge in [0.05, 0.1) is 0 Å².